The first kappa shape index (κ1) is 13.9. The summed E-state index contributed by atoms with van der Waals surface area (Å²) in [6.45, 7) is 2.04. The zero-order valence-electron chi connectivity index (χ0n) is 11.7. The molecule has 0 saturated heterocycles. The SMILES string of the molecule is Cc1ccnc(-c2nc(CC(O)c3ccccc3)cs2)c1. The van der Waals surface area contributed by atoms with E-state index >= 15 is 0 Å². The topological polar surface area (TPSA) is 46.0 Å². The number of nitrogens with zero attached hydrogens (tertiary/aromatic N) is 2. The highest BCUT2D eigenvalue weighted by Gasteiger charge is 2.12. The molecule has 3 aromatic rings. The normalized spacial score (nSPS) is 12.3. The van der Waals surface area contributed by atoms with Crippen molar-refractivity contribution in [3.63, 3.8) is 0 Å². The van der Waals surface area contributed by atoms with Crippen LogP contribution in [0, 0.1) is 6.92 Å². The van der Waals surface area contributed by atoms with E-state index in [2.05, 4.69) is 9.97 Å². The predicted molar refractivity (Wildman–Crippen MR) is 85.2 cm³/mol. The molecule has 0 aliphatic heterocycles. The predicted octanol–water partition coefficient (Wildman–Crippen LogP) is 3.79. The molecule has 0 aliphatic rings. The lowest BCUT2D eigenvalue weighted by atomic mass is 10.1. The second kappa shape index (κ2) is 6.16. The fourth-order valence-corrected chi connectivity index (χ4v) is 2.96. The van der Waals surface area contributed by atoms with Gasteiger partial charge in [-0.25, -0.2) is 4.98 Å². The first-order chi connectivity index (χ1) is 10.2. The average Bonchev–Trinajstić information content (AvgIpc) is 2.97. The molecule has 0 fully saturated rings. The molecule has 21 heavy (non-hydrogen) atoms. The van der Waals surface area contributed by atoms with Crippen LogP contribution in [0.4, 0.5) is 0 Å². The van der Waals surface area contributed by atoms with Gasteiger partial charge in [-0.1, -0.05) is 30.3 Å². The van der Waals surface area contributed by atoms with Gasteiger partial charge in [-0.15, -0.1) is 11.3 Å². The van der Waals surface area contributed by atoms with Crippen LogP contribution in [0.3, 0.4) is 0 Å². The Morgan fingerprint density at radius 2 is 2.00 bits per heavy atom. The Morgan fingerprint density at radius 3 is 2.76 bits per heavy atom. The Morgan fingerprint density at radius 1 is 1.19 bits per heavy atom. The van der Waals surface area contributed by atoms with Crippen molar-refractivity contribution >= 4 is 11.3 Å². The number of benzene rings is 1. The van der Waals surface area contributed by atoms with Gasteiger partial charge in [0.15, 0.2) is 0 Å². The minimum absolute atomic E-state index is 0.520. The van der Waals surface area contributed by atoms with Gasteiger partial charge in [0.2, 0.25) is 0 Å². The molecule has 2 heterocycles. The molecule has 2 aromatic heterocycles. The van der Waals surface area contributed by atoms with E-state index in [0.717, 1.165) is 22.0 Å². The molecule has 3 rings (SSSR count). The smallest absolute Gasteiger partial charge is 0.142 e. The summed E-state index contributed by atoms with van der Waals surface area (Å²) in [6, 6.07) is 13.7. The molecule has 4 heteroatoms. The highest BCUT2D eigenvalue weighted by atomic mass is 32.1. The Bertz CT molecular complexity index is 724. The van der Waals surface area contributed by atoms with Crippen LogP contribution < -0.4 is 0 Å². The lowest BCUT2D eigenvalue weighted by Gasteiger charge is -2.08. The van der Waals surface area contributed by atoms with Crippen LogP contribution in [-0.4, -0.2) is 15.1 Å². The number of thiazole rings is 1. The molecule has 3 nitrogen and oxygen atoms in total. The summed E-state index contributed by atoms with van der Waals surface area (Å²) in [4.78, 5) is 8.93. The minimum atomic E-state index is -0.522. The number of aryl methyl sites for hydroxylation is 1. The summed E-state index contributed by atoms with van der Waals surface area (Å²) >= 11 is 1.56. The number of pyridine rings is 1. The van der Waals surface area contributed by atoms with E-state index in [-0.39, 0.29) is 0 Å². The average molecular weight is 296 g/mol. The van der Waals surface area contributed by atoms with Crippen molar-refractivity contribution in [2.75, 3.05) is 0 Å². The van der Waals surface area contributed by atoms with Crippen molar-refractivity contribution in [2.24, 2.45) is 0 Å². The summed E-state index contributed by atoms with van der Waals surface area (Å²) in [7, 11) is 0. The number of hydrogen-bond acceptors (Lipinski definition) is 4. The molecule has 1 unspecified atom stereocenters. The monoisotopic (exact) mass is 296 g/mol. The van der Waals surface area contributed by atoms with E-state index in [0.29, 0.717) is 6.42 Å². The van der Waals surface area contributed by atoms with Crippen LogP contribution in [0.1, 0.15) is 22.9 Å². The largest absolute Gasteiger partial charge is 0.388 e. The summed E-state index contributed by atoms with van der Waals surface area (Å²) in [5.74, 6) is 0. The third-order valence-electron chi connectivity index (χ3n) is 3.27. The second-order valence-corrected chi connectivity index (χ2v) is 5.85. The van der Waals surface area contributed by atoms with E-state index in [1.54, 1.807) is 17.5 Å². The van der Waals surface area contributed by atoms with Gasteiger partial charge >= 0.3 is 0 Å². The zero-order valence-corrected chi connectivity index (χ0v) is 12.5. The van der Waals surface area contributed by atoms with Gasteiger partial charge in [0.25, 0.3) is 0 Å². The van der Waals surface area contributed by atoms with Crippen LogP contribution in [0.15, 0.2) is 54.0 Å². The van der Waals surface area contributed by atoms with Gasteiger partial charge in [0, 0.05) is 18.0 Å². The molecule has 0 radical (unpaired) electrons. The first-order valence-corrected chi connectivity index (χ1v) is 7.71. The third-order valence-corrected chi connectivity index (χ3v) is 4.19. The summed E-state index contributed by atoms with van der Waals surface area (Å²) in [6.07, 6.45) is 1.79. The molecule has 0 spiro atoms. The maximum Gasteiger partial charge on any atom is 0.142 e. The van der Waals surface area contributed by atoms with E-state index in [1.807, 2.05) is 54.8 Å². The molecule has 0 amide bonds. The second-order valence-electron chi connectivity index (χ2n) is 4.99. The van der Waals surface area contributed by atoms with Crippen molar-refractivity contribution < 1.29 is 5.11 Å². The van der Waals surface area contributed by atoms with Crippen molar-refractivity contribution in [2.45, 2.75) is 19.4 Å². The molecule has 1 atom stereocenters. The van der Waals surface area contributed by atoms with Crippen LogP contribution in [0.25, 0.3) is 10.7 Å². The van der Waals surface area contributed by atoms with E-state index < -0.39 is 6.10 Å². The Labute approximate surface area is 128 Å². The fraction of sp³-hybridized carbons (Fsp3) is 0.176. The lowest BCUT2D eigenvalue weighted by molar-refractivity contribution is 0.177. The molecular weight excluding hydrogens is 280 g/mol. The Kier molecular flexibility index (Phi) is 4.08. The molecule has 0 saturated carbocycles. The highest BCUT2D eigenvalue weighted by molar-refractivity contribution is 7.13. The molecule has 1 aromatic carbocycles. The molecule has 0 aliphatic carbocycles. The van der Waals surface area contributed by atoms with Gasteiger partial charge in [-0.05, 0) is 30.2 Å². The van der Waals surface area contributed by atoms with Gasteiger partial charge in [0.1, 0.15) is 5.01 Å². The summed E-state index contributed by atoms with van der Waals surface area (Å²) in [5, 5.41) is 13.1. The van der Waals surface area contributed by atoms with Gasteiger partial charge < -0.3 is 5.11 Å². The maximum atomic E-state index is 10.2. The first-order valence-electron chi connectivity index (χ1n) is 6.83. The van der Waals surface area contributed by atoms with Crippen molar-refractivity contribution in [3.05, 3.63) is 70.9 Å². The minimum Gasteiger partial charge on any atom is -0.388 e. The lowest BCUT2D eigenvalue weighted by Crippen LogP contribution is -2.01. The quantitative estimate of drug-likeness (QED) is 0.796. The Balaban J connectivity index is 1.76. The van der Waals surface area contributed by atoms with Gasteiger partial charge in [-0.3, -0.25) is 4.98 Å². The van der Waals surface area contributed by atoms with Crippen molar-refractivity contribution in [1.29, 1.82) is 0 Å². The number of aromatic nitrogens is 2. The molecule has 106 valence electrons. The van der Waals surface area contributed by atoms with E-state index in [9.17, 15) is 5.11 Å². The van der Waals surface area contributed by atoms with E-state index in [4.69, 9.17) is 0 Å². The number of hydrogen-bond donors (Lipinski definition) is 1. The van der Waals surface area contributed by atoms with Gasteiger partial charge in [0.05, 0.1) is 17.5 Å². The third kappa shape index (κ3) is 3.35. The van der Waals surface area contributed by atoms with Gasteiger partial charge in [-0.2, -0.15) is 0 Å². The molecule has 0 bridgehead atoms. The summed E-state index contributed by atoms with van der Waals surface area (Å²) in [5.41, 5.74) is 3.87. The number of aliphatic hydroxyl groups excluding tert-OH is 1. The van der Waals surface area contributed by atoms with Crippen LogP contribution in [0.5, 0.6) is 0 Å². The summed E-state index contributed by atoms with van der Waals surface area (Å²) < 4.78 is 0. The van der Waals surface area contributed by atoms with Crippen molar-refractivity contribution in [1.82, 2.24) is 9.97 Å². The van der Waals surface area contributed by atoms with E-state index in [1.165, 1.54) is 5.56 Å². The van der Waals surface area contributed by atoms with Crippen LogP contribution in [-0.2, 0) is 6.42 Å². The molecule has 1 N–H and O–H groups in total. The van der Waals surface area contributed by atoms with Crippen molar-refractivity contribution in [3.8, 4) is 10.7 Å². The maximum absolute atomic E-state index is 10.2. The Hall–Kier alpha value is -2.04. The number of aliphatic hydroxyl groups is 1. The fourth-order valence-electron chi connectivity index (χ4n) is 2.16. The van der Waals surface area contributed by atoms with Crippen LogP contribution >= 0.6 is 11.3 Å². The highest BCUT2D eigenvalue weighted by Crippen LogP contribution is 2.25. The molecular formula is C17H16N2OS. The standard InChI is InChI=1S/C17H16N2OS/c1-12-7-8-18-15(9-12)17-19-14(11-21-17)10-16(20)13-5-3-2-4-6-13/h2-9,11,16,20H,10H2,1H3. The van der Waals surface area contributed by atoms with Crippen LogP contribution in [0.2, 0.25) is 0 Å². The zero-order chi connectivity index (χ0) is 14.7. The number of rotatable bonds is 4.